The van der Waals surface area contributed by atoms with Crippen molar-refractivity contribution in [1.82, 2.24) is 9.88 Å². The third kappa shape index (κ3) is 5.28. The molecule has 1 aromatic carbocycles. The predicted octanol–water partition coefficient (Wildman–Crippen LogP) is 3.27. The van der Waals surface area contributed by atoms with Crippen molar-refractivity contribution in [1.29, 1.82) is 0 Å². The maximum absolute atomic E-state index is 13.3. The highest BCUT2D eigenvalue weighted by Crippen LogP contribution is 2.32. The average molecular weight is 414 g/mol. The number of rotatable bonds is 5. The van der Waals surface area contributed by atoms with Crippen molar-refractivity contribution in [2.24, 2.45) is 5.73 Å². The van der Waals surface area contributed by atoms with Gasteiger partial charge < -0.3 is 15.8 Å². The van der Waals surface area contributed by atoms with Crippen LogP contribution in [0, 0.1) is 0 Å². The Kier molecular flexibility index (Phi) is 6.33. The van der Waals surface area contributed by atoms with Crippen molar-refractivity contribution < 1.29 is 22.7 Å². The van der Waals surface area contributed by atoms with Gasteiger partial charge in [-0.3, -0.25) is 9.69 Å². The highest BCUT2D eigenvalue weighted by atomic mass is 32.1. The Balaban J connectivity index is 1.81. The molecule has 1 unspecified atom stereocenters. The Morgan fingerprint density at radius 2 is 2.07 bits per heavy atom. The van der Waals surface area contributed by atoms with Crippen molar-refractivity contribution in [2.45, 2.75) is 25.7 Å². The molecule has 1 atom stereocenters. The summed E-state index contributed by atoms with van der Waals surface area (Å²) in [5, 5.41) is 3.13. The SMILES string of the molecule is CC(N)c1ncc(C(=O)Nc2cc(CN3CCOCC3)cc(C(F)(F)F)c2)s1. The number of hydrogen-bond donors (Lipinski definition) is 2. The van der Waals surface area contributed by atoms with Gasteiger partial charge in [0.15, 0.2) is 0 Å². The van der Waals surface area contributed by atoms with Crippen LogP contribution < -0.4 is 11.1 Å². The molecule has 3 N–H and O–H groups in total. The van der Waals surface area contributed by atoms with Gasteiger partial charge in [-0.25, -0.2) is 4.98 Å². The lowest BCUT2D eigenvalue weighted by atomic mass is 10.1. The zero-order valence-electron chi connectivity index (χ0n) is 15.3. The smallest absolute Gasteiger partial charge is 0.379 e. The Bertz CT molecular complexity index is 832. The van der Waals surface area contributed by atoms with E-state index in [-0.39, 0.29) is 11.7 Å². The van der Waals surface area contributed by atoms with Gasteiger partial charge in [0.2, 0.25) is 0 Å². The number of ether oxygens (including phenoxy) is 1. The van der Waals surface area contributed by atoms with Gasteiger partial charge in [-0.05, 0) is 30.7 Å². The molecular formula is C18H21F3N4O2S. The van der Waals surface area contributed by atoms with Crippen LogP contribution in [-0.4, -0.2) is 42.1 Å². The number of nitrogens with zero attached hydrogens (tertiary/aromatic N) is 2. The zero-order chi connectivity index (χ0) is 20.3. The number of aromatic nitrogens is 1. The number of alkyl halides is 3. The number of amides is 1. The van der Waals surface area contributed by atoms with Crippen molar-refractivity contribution >= 4 is 22.9 Å². The predicted molar refractivity (Wildman–Crippen MR) is 100 cm³/mol. The summed E-state index contributed by atoms with van der Waals surface area (Å²) in [4.78, 5) is 18.8. The molecule has 0 radical (unpaired) electrons. The van der Waals surface area contributed by atoms with Crippen LogP contribution in [0.1, 0.15) is 38.8 Å². The molecule has 1 amide bonds. The first-order valence-corrected chi connectivity index (χ1v) is 9.58. The third-order valence-corrected chi connectivity index (χ3v) is 5.42. The van der Waals surface area contributed by atoms with Crippen LogP contribution in [0.3, 0.4) is 0 Å². The van der Waals surface area contributed by atoms with Crippen LogP contribution in [0.5, 0.6) is 0 Å². The monoisotopic (exact) mass is 414 g/mol. The van der Waals surface area contributed by atoms with Gasteiger partial charge in [-0.1, -0.05) is 0 Å². The van der Waals surface area contributed by atoms with E-state index in [1.807, 2.05) is 4.90 Å². The lowest BCUT2D eigenvalue weighted by Crippen LogP contribution is -2.35. The number of morpholine rings is 1. The Hall–Kier alpha value is -2.01. The highest BCUT2D eigenvalue weighted by molar-refractivity contribution is 7.13. The molecule has 1 aromatic heterocycles. The molecule has 10 heteroatoms. The van der Waals surface area contributed by atoms with E-state index in [2.05, 4.69) is 10.3 Å². The van der Waals surface area contributed by atoms with E-state index in [1.165, 1.54) is 6.20 Å². The summed E-state index contributed by atoms with van der Waals surface area (Å²) in [7, 11) is 0. The van der Waals surface area contributed by atoms with Crippen molar-refractivity contribution in [2.75, 3.05) is 31.6 Å². The summed E-state index contributed by atoms with van der Waals surface area (Å²) in [5.74, 6) is -0.513. The van der Waals surface area contributed by atoms with Crippen LogP contribution in [0.4, 0.5) is 18.9 Å². The number of nitrogens with two attached hydrogens (primary N) is 1. The van der Waals surface area contributed by atoms with E-state index < -0.39 is 17.6 Å². The standard InChI is InChI=1S/C18H21F3N4O2S/c1-11(22)17-23-9-15(28-17)16(26)24-14-7-12(6-13(8-14)18(19,20)21)10-25-2-4-27-5-3-25/h6-9,11H,2-5,10,22H2,1H3,(H,24,26). The van der Waals surface area contributed by atoms with E-state index >= 15 is 0 Å². The molecule has 0 bridgehead atoms. The van der Waals surface area contributed by atoms with Crippen LogP contribution in [-0.2, 0) is 17.5 Å². The van der Waals surface area contributed by atoms with Gasteiger partial charge in [-0.2, -0.15) is 13.2 Å². The first kappa shape index (κ1) is 20.7. The number of halogens is 3. The van der Waals surface area contributed by atoms with Gasteiger partial charge in [-0.15, -0.1) is 11.3 Å². The van der Waals surface area contributed by atoms with Gasteiger partial charge in [0.1, 0.15) is 9.88 Å². The Morgan fingerprint density at radius 3 is 2.68 bits per heavy atom. The second-order valence-corrected chi connectivity index (χ2v) is 7.67. The molecule has 2 heterocycles. The van der Waals surface area contributed by atoms with Crippen molar-refractivity contribution in [3.8, 4) is 0 Å². The van der Waals surface area contributed by atoms with Gasteiger partial charge in [0, 0.05) is 25.3 Å². The van der Waals surface area contributed by atoms with Crippen molar-refractivity contribution in [3.63, 3.8) is 0 Å². The maximum atomic E-state index is 13.3. The van der Waals surface area contributed by atoms with E-state index in [0.29, 0.717) is 48.3 Å². The van der Waals surface area contributed by atoms with Gasteiger partial charge in [0.05, 0.1) is 31.0 Å². The molecule has 152 valence electrons. The van der Waals surface area contributed by atoms with E-state index in [0.717, 1.165) is 23.5 Å². The van der Waals surface area contributed by atoms with Crippen LogP contribution >= 0.6 is 11.3 Å². The first-order valence-electron chi connectivity index (χ1n) is 8.76. The quantitative estimate of drug-likeness (QED) is 0.785. The fourth-order valence-electron chi connectivity index (χ4n) is 2.83. The molecule has 1 aliphatic rings. The van der Waals surface area contributed by atoms with Crippen molar-refractivity contribution in [3.05, 3.63) is 45.4 Å². The molecule has 0 spiro atoms. The summed E-state index contributed by atoms with van der Waals surface area (Å²) in [6.07, 6.45) is -3.13. The summed E-state index contributed by atoms with van der Waals surface area (Å²) in [5.41, 5.74) is 5.51. The fourth-order valence-corrected chi connectivity index (χ4v) is 3.60. The molecule has 3 rings (SSSR count). The third-order valence-electron chi connectivity index (χ3n) is 4.22. The normalized spacial score (nSPS) is 16.8. The number of anilines is 1. The number of carbonyl (C=O) groups is 1. The number of hydrogen-bond acceptors (Lipinski definition) is 6. The minimum absolute atomic E-state index is 0.0961. The Labute approximate surface area is 164 Å². The van der Waals surface area contributed by atoms with Gasteiger partial charge >= 0.3 is 6.18 Å². The van der Waals surface area contributed by atoms with Gasteiger partial charge in [0.25, 0.3) is 5.91 Å². The van der Waals surface area contributed by atoms with Crippen LogP contribution in [0.15, 0.2) is 24.4 Å². The van der Waals surface area contributed by atoms with E-state index in [4.69, 9.17) is 10.5 Å². The zero-order valence-corrected chi connectivity index (χ0v) is 16.1. The minimum Gasteiger partial charge on any atom is -0.379 e. The molecular weight excluding hydrogens is 393 g/mol. The molecule has 6 nitrogen and oxygen atoms in total. The van der Waals surface area contributed by atoms with Crippen LogP contribution in [0.2, 0.25) is 0 Å². The number of benzene rings is 1. The summed E-state index contributed by atoms with van der Waals surface area (Å²) >= 11 is 1.12. The van der Waals surface area contributed by atoms with E-state index in [1.54, 1.807) is 13.0 Å². The lowest BCUT2D eigenvalue weighted by Gasteiger charge is -2.27. The molecule has 1 fully saturated rings. The lowest BCUT2D eigenvalue weighted by molar-refractivity contribution is -0.137. The minimum atomic E-state index is -4.51. The topological polar surface area (TPSA) is 80.5 Å². The second kappa shape index (κ2) is 8.56. The number of nitrogens with one attached hydrogen (secondary N) is 1. The number of thiazole rings is 1. The average Bonchev–Trinajstić information content (AvgIpc) is 3.12. The molecule has 0 saturated carbocycles. The molecule has 1 saturated heterocycles. The Morgan fingerprint density at radius 1 is 1.36 bits per heavy atom. The summed E-state index contributed by atoms with van der Waals surface area (Å²) in [6, 6.07) is 3.30. The summed E-state index contributed by atoms with van der Waals surface area (Å²) in [6.45, 7) is 4.50. The molecule has 28 heavy (non-hydrogen) atoms. The fraction of sp³-hybridized carbons (Fsp3) is 0.444. The van der Waals surface area contributed by atoms with E-state index in [9.17, 15) is 18.0 Å². The maximum Gasteiger partial charge on any atom is 0.416 e. The summed E-state index contributed by atoms with van der Waals surface area (Å²) < 4.78 is 45.2. The second-order valence-electron chi connectivity index (χ2n) is 6.61. The molecule has 2 aromatic rings. The largest absolute Gasteiger partial charge is 0.416 e. The highest BCUT2D eigenvalue weighted by Gasteiger charge is 2.31. The molecule has 1 aliphatic heterocycles. The number of carbonyl (C=O) groups excluding carboxylic acids is 1. The first-order chi connectivity index (χ1) is 13.2. The molecule has 0 aliphatic carbocycles. The van der Waals surface area contributed by atoms with Crippen LogP contribution in [0.25, 0.3) is 0 Å².